The molecule has 1 N–H and O–H groups in total. The van der Waals surface area contributed by atoms with Crippen LogP contribution in [0, 0.1) is 0 Å². The van der Waals surface area contributed by atoms with Crippen LogP contribution in [0.2, 0.25) is 10.0 Å². The third kappa shape index (κ3) is 4.79. The van der Waals surface area contributed by atoms with Gasteiger partial charge in [-0.3, -0.25) is 15.1 Å². The Morgan fingerprint density at radius 2 is 1.58 bits per heavy atom. The molecule has 1 aliphatic heterocycles. The Balaban J connectivity index is 1.63. The second kappa shape index (κ2) is 9.33. The Hall–Kier alpha value is -3.15. The zero-order valence-corrected chi connectivity index (χ0v) is 18.3. The van der Waals surface area contributed by atoms with Crippen molar-refractivity contribution in [2.24, 2.45) is 10.1 Å². The molecule has 31 heavy (non-hydrogen) atoms. The van der Waals surface area contributed by atoms with Crippen molar-refractivity contribution in [3.8, 4) is 0 Å². The summed E-state index contributed by atoms with van der Waals surface area (Å²) in [6.07, 6.45) is 0. The summed E-state index contributed by atoms with van der Waals surface area (Å²) in [5.41, 5.74) is 3.49. The number of amides is 1. The third-order valence-electron chi connectivity index (χ3n) is 5.04. The molecule has 1 heterocycles. The zero-order valence-electron chi connectivity index (χ0n) is 16.8. The lowest BCUT2D eigenvalue weighted by molar-refractivity contribution is 0.0972. The highest BCUT2D eigenvalue weighted by molar-refractivity contribution is 6.31. The highest BCUT2D eigenvalue weighted by Gasteiger charge is 2.32. The zero-order chi connectivity index (χ0) is 21.8. The second-order valence-corrected chi connectivity index (χ2v) is 7.92. The highest BCUT2D eigenvalue weighted by Crippen LogP contribution is 2.29. The predicted octanol–water partition coefficient (Wildman–Crippen LogP) is 5.21. The average Bonchev–Trinajstić information content (AvgIpc) is 3.24. The second-order valence-electron chi connectivity index (χ2n) is 7.05. The Morgan fingerprint density at radius 3 is 2.19 bits per heavy atom. The minimum Gasteiger partial charge on any atom is -0.291 e. The van der Waals surface area contributed by atoms with Crippen LogP contribution in [0.5, 0.6) is 0 Å². The van der Waals surface area contributed by atoms with Gasteiger partial charge < -0.3 is 0 Å². The Kier molecular flexibility index (Phi) is 6.35. The van der Waals surface area contributed by atoms with E-state index >= 15 is 0 Å². The number of hydrazone groups is 1. The van der Waals surface area contributed by atoms with E-state index in [1.54, 1.807) is 36.3 Å². The Bertz CT molecular complexity index is 1130. The maximum absolute atomic E-state index is 12.7. The van der Waals surface area contributed by atoms with Crippen molar-refractivity contribution in [3.63, 3.8) is 0 Å². The maximum Gasteiger partial charge on any atom is 0.258 e. The molecule has 1 amide bonds. The van der Waals surface area contributed by atoms with Gasteiger partial charge in [0.25, 0.3) is 5.91 Å². The summed E-state index contributed by atoms with van der Waals surface area (Å²) in [6, 6.07) is 24.5. The van der Waals surface area contributed by atoms with Gasteiger partial charge in [0.05, 0.1) is 12.3 Å². The minimum absolute atomic E-state index is 0.0200. The van der Waals surface area contributed by atoms with Crippen LogP contribution in [0.15, 0.2) is 89.0 Å². The molecule has 1 unspecified atom stereocenters. The lowest BCUT2D eigenvalue weighted by atomic mass is 9.91. The SMILES string of the molecule is CN=C(NC(=O)c1ccc(Cl)cc1)N1CC(c2ccccc2)C(c2ccc(Cl)cc2)=N1. The van der Waals surface area contributed by atoms with Gasteiger partial charge in [0.2, 0.25) is 5.96 Å². The quantitative estimate of drug-likeness (QED) is 0.439. The molecule has 0 fully saturated rings. The van der Waals surface area contributed by atoms with Gasteiger partial charge in [-0.2, -0.15) is 5.10 Å². The van der Waals surface area contributed by atoms with Crippen LogP contribution in [0.3, 0.4) is 0 Å². The van der Waals surface area contributed by atoms with Crippen LogP contribution in [0.1, 0.15) is 27.4 Å². The van der Waals surface area contributed by atoms with Gasteiger partial charge in [-0.1, -0.05) is 65.7 Å². The Morgan fingerprint density at radius 1 is 0.968 bits per heavy atom. The number of hydrogen-bond donors (Lipinski definition) is 1. The van der Waals surface area contributed by atoms with Crippen molar-refractivity contribution in [2.45, 2.75) is 5.92 Å². The Labute approximate surface area is 191 Å². The van der Waals surface area contributed by atoms with Crippen molar-refractivity contribution < 1.29 is 4.79 Å². The number of carbonyl (C=O) groups excluding carboxylic acids is 1. The molecule has 0 radical (unpaired) electrons. The number of aliphatic imine (C=N–C) groups is 1. The smallest absolute Gasteiger partial charge is 0.258 e. The van der Waals surface area contributed by atoms with Gasteiger partial charge in [0.1, 0.15) is 0 Å². The molecule has 0 bridgehead atoms. The van der Waals surface area contributed by atoms with Crippen LogP contribution in [-0.4, -0.2) is 36.2 Å². The molecule has 0 saturated heterocycles. The minimum atomic E-state index is -0.274. The topological polar surface area (TPSA) is 57.1 Å². The van der Waals surface area contributed by atoms with E-state index in [4.69, 9.17) is 28.3 Å². The van der Waals surface area contributed by atoms with Crippen molar-refractivity contribution in [1.29, 1.82) is 0 Å². The average molecular weight is 451 g/mol. The molecule has 0 spiro atoms. The van der Waals surface area contributed by atoms with Gasteiger partial charge in [0.15, 0.2) is 0 Å². The van der Waals surface area contributed by atoms with Crippen LogP contribution < -0.4 is 5.32 Å². The number of rotatable bonds is 3. The first-order valence-corrected chi connectivity index (χ1v) is 10.5. The van der Waals surface area contributed by atoms with E-state index < -0.39 is 0 Å². The van der Waals surface area contributed by atoms with E-state index in [0.717, 1.165) is 16.8 Å². The lowest BCUT2D eigenvalue weighted by Gasteiger charge is -2.18. The number of nitrogens with zero attached hydrogens (tertiary/aromatic N) is 3. The van der Waals surface area contributed by atoms with Crippen molar-refractivity contribution >= 4 is 40.8 Å². The van der Waals surface area contributed by atoms with Crippen LogP contribution in [0.25, 0.3) is 0 Å². The number of hydrogen-bond acceptors (Lipinski definition) is 3. The van der Waals surface area contributed by atoms with Gasteiger partial charge in [0, 0.05) is 28.6 Å². The maximum atomic E-state index is 12.7. The molecule has 156 valence electrons. The van der Waals surface area contributed by atoms with E-state index in [-0.39, 0.29) is 11.8 Å². The van der Waals surface area contributed by atoms with Gasteiger partial charge >= 0.3 is 0 Å². The summed E-state index contributed by atoms with van der Waals surface area (Å²) < 4.78 is 0. The molecule has 0 aliphatic carbocycles. The lowest BCUT2D eigenvalue weighted by Crippen LogP contribution is -2.41. The molecule has 7 heteroatoms. The van der Waals surface area contributed by atoms with E-state index in [1.165, 1.54) is 0 Å². The van der Waals surface area contributed by atoms with Crippen LogP contribution >= 0.6 is 23.2 Å². The van der Waals surface area contributed by atoms with Gasteiger partial charge in [-0.15, -0.1) is 0 Å². The summed E-state index contributed by atoms with van der Waals surface area (Å²) in [5, 5.41) is 10.7. The third-order valence-corrected chi connectivity index (χ3v) is 5.55. The van der Waals surface area contributed by atoms with Gasteiger partial charge in [-0.05, 0) is 47.5 Å². The van der Waals surface area contributed by atoms with E-state index in [1.807, 2.05) is 42.5 Å². The fourth-order valence-electron chi connectivity index (χ4n) is 3.47. The summed E-state index contributed by atoms with van der Waals surface area (Å²) in [7, 11) is 1.63. The fourth-order valence-corrected chi connectivity index (χ4v) is 3.72. The standard InChI is InChI=1S/C24H20Cl2N4O/c1-27-24(28-23(31)18-9-13-20(26)14-10-18)30-15-21(16-5-3-2-4-6-16)22(29-30)17-7-11-19(25)12-8-17/h2-14,21H,15H2,1H3,(H,27,28,31). The van der Waals surface area contributed by atoms with E-state index in [2.05, 4.69) is 22.4 Å². The number of benzene rings is 3. The first kappa shape index (κ1) is 21.1. The first-order valence-electron chi connectivity index (χ1n) is 9.76. The molecular formula is C24H20Cl2N4O. The normalized spacial score (nSPS) is 16.2. The number of halogens is 2. The largest absolute Gasteiger partial charge is 0.291 e. The van der Waals surface area contributed by atoms with E-state index in [9.17, 15) is 4.79 Å². The summed E-state index contributed by atoms with van der Waals surface area (Å²) in [6.45, 7) is 0.551. The number of guanidine groups is 1. The molecular weight excluding hydrogens is 431 g/mol. The monoisotopic (exact) mass is 450 g/mol. The molecule has 1 atom stereocenters. The molecule has 4 rings (SSSR count). The molecule has 1 aliphatic rings. The van der Waals surface area contributed by atoms with Crippen LogP contribution in [0.4, 0.5) is 0 Å². The fraction of sp³-hybridized carbons (Fsp3) is 0.125. The summed E-state index contributed by atoms with van der Waals surface area (Å²) >= 11 is 12.0. The number of nitrogens with one attached hydrogen (secondary N) is 1. The van der Waals surface area contributed by atoms with E-state index in [0.29, 0.717) is 28.1 Å². The molecule has 0 aromatic heterocycles. The molecule has 0 saturated carbocycles. The summed E-state index contributed by atoms with van der Waals surface area (Å²) in [5.74, 6) is 0.125. The summed E-state index contributed by atoms with van der Waals surface area (Å²) in [4.78, 5) is 17.0. The van der Waals surface area contributed by atoms with Crippen molar-refractivity contribution in [2.75, 3.05) is 13.6 Å². The molecule has 3 aromatic rings. The first-order chi connectivity index (χ1) is 15.0. The van der Waals surface area contributed by atoms with Gasteiger partial charge in [-0.25, -0.2) is 5.01 Å². The highest BCUT2D eigenvalue weighted by atomic mass is 35.5. The van der Waals surface area contributed by atoms with Crippen LogP contribution in [-0.2, 0) is 0 Å². The molecule has 3 aromatic carbocycles. The predicted molar refractivity (Wildman–Crippen MR) is 126 cm³/mol. The number of carbonyl (C=O) groups is 1. The van der Waals surface area contributed by atoms with Crippen molar-refractivity contribution in [1.82, 2.24) is 10.3 Å². The molecule has 5 nitrogen and oxygen atoms in total. The van der Waals surface area contributed by atoms with Crippen molar-refractivity contribution in [3.05, 3.63) is 106 Å².